The normalized spacial score (nSPS) is 11.4. The van der Waals surface area contributed by atoms with Crippen LogP contribution in [0.2, 0.25) is 0 Å². The van der Waals surface area contributed by atoms with E-state index in [1.807, 2.05) is 39.0 Å². The van der Waals surface area contributed by atoms with E-state index < -0.39 is 0 Å². The van der Waals surface area contributed by atoms with Crippen LogP contribution in [0, 0.1) is 5.41 Å². The third-order valence-electron chi connectivity index (χ3n) is 2.89. The first-order valence-corrected chi connectivity index (χ1v) is 6.63. The molecule has 108 valence electrons. The maximum absolute atomic E-state index is 9.19. The van der Waals surface area contributed by atoms with Crippen LogP contribution >= 0.6 is 0 Å². The fourth-order valence-electron chi connectivity index (χ4n) is 1.70. The molecule has 0 aromatic heterocycles. The van der Waals surface area contributed by atoms with Gasteiger partial charge in [0.1, 0.15) is 0 Å². The van der Waals surface area contributed by atoms with Crippen LogP contribution in [-0.4, -0.2) is 32.0 Å². The van der Waals surface area contributed by atoms with Gasteiger partial charge in [0.2, 0.25) is 0 Å². The molecule has 0 amide bonds. The Kier molecular flexibility index (Phi) is 6.12. The van der Waals surface area contributed by atoms with E-state index in [9.17, 15) is 5.11 Å². The van der Waals surface area contributed by atoms with Crippen LogP contribution in [0.3, 0.4) is 0 Å². The quantitative estimate of drug-likeness (QED) is 0.758. The van der Waals surface area contributed by atoms with E-state index in [1.54, 1.807) is 7.11 Å². The van der Waals surface area contributed by atoms with Gasteiger partial charge in [0, 0.05) is 25.1 Å². The summed E-state index contributed by atoms with van der Waals surface area (Å²) in [7, 11) is 1.64. The highest BCUT2D eigenvalue weighted by molar-refractivity contribution is 5.42. The van der Waals surface area contributed by atoms with Crippen molar-refractivity contribution in [1.82, 2.24) is 5.32 Å². The smallest absolute Gasteiger partial charge is 0.161 e. The largest absolute Gasteiger partial charge is 0.493 e. The first-order valence-electron chi connectivity index (χ1n) is 6.63. The summed E-state index contributed by atoms with van der Waals surface area (Å²) in [4.78, 5) is 0. The average molecular weight is 267 g/mol. The predicted molar refractivity (Wildman–Crippen MR) is 76.7 cm³/mol. The first-order chi connectivity index (χ1) is 9.02. The van der Waals surface area contributed by atoms with Crippen molar-refractivity contribution in [1.29, 1.82) is 0 Å². The predicted octanol–water partition coefficient (Wildman–Crippen LogP) is 2.20. The molecule has 0 unspecified atom stereocenters. The van der Waals surface area contributed by atoms with Crippen molar-refractivity contribution in [2.24, 2.45) is 5.41 Å². The average Bonchev–Trinajstić information content (AvgIpc) is 2.40. The first kappa shape index (κ1) is 15.8. The van der Waals surface area contributed by atoms with Gasteiger partial charge in [0.25, 0.3) is 0 Å². The second-order valence-electron chi connectivity index (χ2n) is 5.34. The number of ether oxygens (including phenoxy) is 2. The fraction of sp³-hybridized carbons (Fsp3) is 0.600. The number of aliphatic hydroxyl groups is 1. The molecule has 0 aliphatic rings. The summed E-state index contributed by atoms with van der Waals surface area (Å²) >= 11 is 0. The highest BCUT2D eigenvalue weighted by atomic mass is 16.5. The SMILES string of the molecule is CCOc1ccc(CNCC(C)(C)CO)cc1OC. The van der Waals surface area contributed by atoms with E-state index in [0.717, 1.165) is 30.2 Å². The highest BCUT2D eigenvalue weighted by Crippen LogP contribution is 2.28. The molecule has 0 saturated heterocycles. The van der Waals surface area contributed by atoms with E-state index >= 15 is 0 Å². The van der Waals surface area contributed by atoms with Gasteiger partial charge >= 0.3 is 0 Å². The molecule has 0 bridgehead atoms. The van der Waals surface area contributed by atoms with Crippen LogP contribution < -0.4 is 14.8 Å². The molecule has 1 aromatic carbocycles. The molecule has 0 spiro atoms. The lowest BCUT2D eigenvalue weighted by molar-refractivity contribution is 0.156. The molecule has 0 fully saturated rings. The Bertz CT molecular complexity index is 391. The van der Waals surface area contributed by atoms with E-state index in [4.69, 9.17) is 9.47 Å². The van der Waals surface area contributed by atoms with Crippen LogP contribution in [0.4, 0.5) is 0 Å². The lowest BCUT2D eigenvalue weighted by Gasteiger charge is -2.22. The summed E-state index contributed by atoms with van der Waals surface area (Å²) in [6, 6.07) is 5.92. The Hall–Kier alpha value is -1.26. The maximum atomic E-state index is 9.19. The van der Waals surface area contributed by atoms with E-state index in [0.29, 0.717) is 6.61 Å². The van der Waals surface area contributed by atoms with Crippen molar-refractivity contribution < 1.29 is 14.6 Å². The molecule has 0 heterocycles. The summed E-state index contributed by atoms with van der Waals surface area (Å²) in [5.74, 6) is 1.52. The minimum absolute atomic E-state index is 0.102. The molecular formula is C15H25NO3. The number of rotatable bonds is 8. The van der Waals surface area contributed by atoms with Gasteiger partial charge in [-0.15, -0.1) is 0 Å². The zero-order chi connectivity index (χ0) is 14.3. The van der Waals surface area contributed by atoms with Crippen molar-refractivity contribution in [2.75, 3.05) is 26.9 Å². The van der Waals surface area contributed by atoms with Crippen LogP contribution in [0.1, 0.15) is 26.3 Å². The van der Waals surface area contributed by atoms with Gasteiger partial charge in [-0.2, -0.15) is 0 Å². The molecule has 2 N–H and O–H groups in total. The summed E-state index contributed by atoms with van der Waals surface area (Å²) in [5, 5.41) is 12.5. The Morgan fingerprint density at radius 1 is 1.26 bits per heavy atom. The van der Waals surface area contributed by atoms with Crippen molar-refractivity contribution >= 4 is 0 Å². The van der Waals surface area contributed by atoms with Gasteiger partial charge in [-0.05, 0) is 24.6 Å². The van der Waals surface area contributed by atoms with Crippen molar-refractivity contribution in [3.63, 3.8) is 0 Å². The third-order valence-corrected chi connectivity index (χ3v) is 2.89. The monoisotopic (exact) mass is 267 g/mol. The number of hydrogen-bond acceptors (Lipinski definition) is 4. The number of aliphatic hydroxyl groups excluding tert-OH is 1. The van der Waals surface area contributed by atoms with Gasteiger partial charge < -0.3 is 19.9 Å². The standard InChI is InChI=1S/C15H25NO3/c1-5-19-13-7-6-12(8-14(13)18-4)9-16-10-15(2,3)11-17/h6-8,16-17H,5,9-11H2,1-4H3. The summed E-state index contributed by atoms with van der Waals surface area (Å²) in [6.45, 7) is 8.31. The van der Waals surface area contributed by atoms with E-state index in [1.165, 1.54) is 0 Å². The summed E-state index contributed by atoms with van der Waals surface area (Å²) in [6.07, 6.45) is 0. The number of hydrogen-bond donors (Lipinski definition) is 2. The zero-order valence-corrected chi connectivity index (χ0v) is 12.3. The summed E-state index contributed by atoms with van der Waals surface area (Å²) < 4.78 is 10.8. The number of methoxy groups -OCH3 is 1. The van der Waals surface area contributed by atoms with Crippen LogP contribution in [-0.2, 0) is 6.54 Å². The molecule has 0 saturated carbocycles. The molecule has 0 radical (unpaired) electrons. The zero-order valence-electron chi connectivity index (χ0n) is 12.3. The second-order valence-corrected chi connectivity index (χ2v) is 5.34. The van der Waals surface area contributed by atoms with Crippen LogP contribution in [0.5, 0.6) is 11.5 Å². The van der Waals surface area contributed by atoms with Gasteiger partial charge in [0.05, 0.1) is 13.7 Å². The highest BCUT2D eigenvalue weighted by Gasteiger charge is 2.15. The lowest BCUT2D eigenvalue weighted by Crippen LogP contribution is -2.31. The van der Waals surface area contributed by atoms with Crippen molar-refractivity contribution in [3.05, 3.63) is 23.8 Å². The van der Waals surface area contributed by atoms with Crippen LogP contribution in [0.25, 0.3) is 0 Å². The van der Waals surface area contributed by atoms with E-state index in [2.05, 4.69) is 5.32 Å². The molecule has 0 aliphatic heterocycles. The minimum atomic E-state index is -0.102. The Morgan fingerprint density at radius 2 is 2.00 bits per heavy atom. The third kappa shape index (κ3) is 5.09. The molecule has 0 atom stereocenters. The molecule has 4 heteroatoms. The topological polar surface area (TPSA) is 50.7 Å². The Morgan fingerprint density at radius 3 is 2.58 bits per heavy atom. The van der Waals surface area contributed by atoms with Gasteiger partial charge in [-0.1, -0.05) is 19.9 Å². The molecular weight excluding hydrogens is 242 g/mol. The van der Waals surface area contributed by atoms with Gasteiger partial charge in [-0.25, -0.2) is 0 Å². The summed E-state index contributed by atoms with van der Waals surface area (Å²) in [5.41, 5.74) is 1.03. The molecule has 4 nitrogen and oxygen atoms in total. The van der Waals surface area contributed by atoms with Crippen LogP contribution in [0.15, 0.2) is 18.2 Å². The molecule has 0 aliphatic carbocycles. The lowest BCUT2D eigenvalue weighted by atomic mass is 9.95. The Labute approximate surface area is 115 Å². The molecule has 19 heavy (non-hydrogen) atoms. The number of nitrogens with one attached hydrogen (secondary N) is 1. The van der Waals surface area contributed by atoms with Crippen molar-refractivity contribution in [3.8, 4) is 11.5 Å². The number of benzene rings is 1. The van der Waals surface area contributed by atoms with Gasteiger partial charge in [-0.3, -0.25) is 0 Å². The second kappa shape index (κ2) is 7.36. The van der Waals surface area contributed by atoms with E-state index in [-0.39, 0.29) is 12.0 Å². The minimum Gasteiger partial charge on any atom is -0.493 e. The van der Waals surface area contributed by atoms with Gasteiger partial charge in [0.15, 0.2) is 11.5 Å². The molecule has 1 aromatic rings. The fourth-order valence-corrected chi connectivity index (χ4v) is 1.70. The molecule has 1 rings (SSSR count). The van der Waals surface area contributed by atoms with Crippen molar-refractivity contribution in [2.45, 2.75) is 27.3 Å². The maximum Gasteiger partial charge on any atom is 0.161 e. The Balaban J connectivity index is 2.60.